The van der Waals surface area contributed by atoms with Gasteiger partial charge in [0, 0.05) is 36.8 Å². The number of hydrogen-bond donors (Lipinski definition) is 1. The van der Waals surface area contributed by atoms with Crippen molar-refractivity contribution in [1.29, 1.82) is 0 Å². The molecule has 2 amide bonds. The van der Waals surface area contributed by atoms with Crippen molar-refractivity contribution in [1.82, 2.24) is 9.88 Å². The van der Waals surface area contributed by atoms with E-state index >= 15 is 0 Å². The molecule has 0 unspecified atom stereocenters. The molecular weight excluding hydrogens is 394 g/mol. The molecule has 0 radical (unpaired) electrons. The van der Waals surface area contributed by atoms with Crippen LogP contribution in [0.3, 0.4) is 0 Å². The van der Waals surface area contributed by atoms with Gasteiger partial charge < -0.3 is 24.3 Å². The number of para-hydroxylation sites is 1. The number of amides is 2. The number of carbonyl (C=O) groups is 2. The third-order valence-corrected chi connectivity index (χ3v) is 5.83. The number of rotatable bonds is 7. The maximum atomic E-state index is 12.9. The summed E-state index contributed by atoms with van der Waals surface area (Å²) in [6.07, 6.45) is 0.178. The number of nitrogens with one attached hydrogen (secondary N) is 1. The Hall–Kier alpha value is -3.48. The van der Waals surface area contributed by atoms with Gasteiger partial charge in [-0.3, -0.25) is 9.59 Å². The number of hydrogen-bond acceptors (Lipinski definition) is 4. The van der Waals surface area contributed by atoms with Gasteiger partial charge in [-0.25, -0.2) is 0 Å². The van der Waals surface area contributed by atoms with Crippen LogP contribution in [0, 0.1) is 5.92 Å². The van der Waals surface area contributed by atoms with E-state index in [2.05, 4.69) is 35.0 Å². The highest BCUT2D eigenvalue weighted by molar-refractivity contribution is 6.01. The van der Waals surface area contributed by atoms with Gasteiger partial charge in [0.25, 0.3) is 0 Å². The molecule has 162 valence electrons. The van der Waals surface area contributed by atoms with E-state index in [1.165, 1.54) is 0 Å². The monoisotopic (exact) mass is 421 g/mol. The molecule has 7 nitrogen and oxygen atoms in total. The van der Waals surface area contributed by atoms with Crippen molar-refractivity contribution in [3.63, 3.8) is 0 Å². The van der Waals surface area contributed by atoms with Crippen molar-refractivity contribution in [3.8, 4) is 11.5 Å². The molecule has 1 atom stereocenters. The highest BCUT2D eigenvalue weighted by Gasteiger charge is 2.36. The highest BCUT2D eigenvalue weighted by Crippen LogP contribution is 2.35. The van der Waals surface area contributed by atoms with Crippen LogP contribution in [0.15, 0.2) is 48.5 Å². The van der Waals surface area contributed by atoms with Crippen molar-refractivity contribution in [2.45, 2.75) is 26.4 Å². The molecule has 1 aliphatic heterocycles. The molecule has 0 aliphatic carbocycles. The molecule has 1 aromatic heterocycles. The van der Waals surface area contributed by atoms with Crippen molar-refractivity contribution in [2.24, 2.45) is 5.92 Å². The number of methoxy groups -OCH3 is 2. The molecule has 0 saturated carbocycles. The van der Waals surface area contributed by atoms with Crippen molar-refractivity contribution >= 4 is 28.4 Å². The van der Waals surface area contributed by atoms with Crippen molar-refractivity contribution in [3.05, 3.63) is 54.2 Å². The Morgan fingerprint density at radius 2 is 1.94 bits per heavy atom. The summed E-state index contributed by atoms with van der Waals surface area (Å²) in [7, 11) is 3.13. The molecule has 1 saturated heterocycles. The van der Waals surface area contributed by atoms with Gasteiger partial charge in [0.1, 0.15) is 11.5 Å². The second-order valence-electron chi connectivity index (χ2n) is 7.60. The van der Waals surface area contributed by atoms with Crippen LogP contribution in [0.2, 0.25) is 0 Å². The fourth-order valence-corrected chi connectivity index (χ4v) is 4.23. The number of aryl methyl sites for hydroxylation is 1. The first kappa shape index (κ1) is 20.8. The van der Waals surface area contributed by atoms with Gasteiger partial charge in [0.2, 0.25) is 11.8 Å². The molecule has 1 N–H and O–H groups in total. The Balaban J connectivity index is 1.46. The summed E-state index contributed by atoms with van der Waals surface area (Å²) in [4.78, 5) is 27.1. The van der Waals surface area contributed by atoms with E-state index in [0.717, 1.165) is 23.1 Å². The van der Waals surface area contributed by atoms with Gasteiger partial charge in [-0.15, -0.1) is 0 Å². The van der Waals surface area contributed by atoms with Gasteiger partial charge in [-0.2, -0.15) is 0 Å². The molecular formula is C24H27N3O4. The third kappa shape index (κ3) is 3.95. The normalized spacial score (nSPS) is 16.0. The Morgan fingerprint density at radius 1 is 1.13 bits per heavy atom. The first-order chi connectivity index (χ1) is 15.0. The predicted molar refractivity (Wildman–Crippen MR) is 119 cm³/mol. The Labute approximate surface area is 181 Å². The molecule has 2 heterocycles. The van der Waals surface area contributed by atoms with Gasteiger partial charge in [-0.05, 0) is 36.6 Å². The maximum absolute atomic E-state index is 12.9. The van der Waals surface area contributed by atoms with Crippen LogP contribution in [0.25, 0.3) is 10.9 Å². The molecule has 0 spiro atoms. The van der Waals surface area contributed by atoms with E-state index < -0.39 is 5.92 Å². The molecule has 2 aromatic carbocycles. The average Bonchev–Trinajstić information content (AvgIpc) is 3.36. The Morgan fingerprint density at radius 3 is 2.68 bits per heavy atom. The lowest BCUT2D eigenvalue weighted by atomic mass is 10.1. The second kappa shape index (κ2) is 8.71. The number of benzene rings is 2. The topological polar surface area (TPSA) is 72.8 Å². The van der Waals surface area contributed by atoms with Crippen LogP contribution in [0.1, 0.15) is 19.0 Å². The average molecular weight is 421 g/mol. The summed E-state index contributed by atoms with van der Waals surface area (Å²) in [5, 5.41) is 4.18. The van der Waals surface area contributed by atoms with Gasteiger partial charge >= 0.3 is 0 Å². The zero-order valence-electron chi connectivity index (χ0n) is 18.1. The number of aromatic nitrogens is 1. The van der Waals surface area contributed by atoms with E-state index in [4.69, 9.17) is 9.47 Å². The highest BCUT2D eigenvalue weighted by atomic mass is 16.5. The van der Waals surface area contributed by atoms with Crippen LogP contribution < -0.4 is 19.7 Å². The molecule has 3 aromatic rings. The number of ether oxygens (including phenoxy) is 2. The summed E-state index contributed by atoms with van der Waals surface area (Å²) >= 11 is 0. The quantitative estimate of drug-likeness (QED) is 0.635. The second-order valence-corrected chi connectivity index (χ2v) is 7.60. The molecule has 4 rings (SSSR count). The minimum atomic E-state index is -0.404. The predicted octanol–water partition coefficient (Wildman–Crippen LogP) is 3.35. The molecule has 7 heteroatoms. The lowest BCUT2D eigenvalue weighted by Crippen LogP contribution is -2.33. The number of carbonyl (C=O) groups excluding carboxylic acids is 2. The molecule has 0 bridgehead atoms. The van der Waals surface area contributed by atoms with Crippen LogP contribution in [0.5, 0.6) is 11.5 Å². The summed E-state index contributed by atoms with van der Waals surface area (Å²) < 4.78 is 12.9. The number of anilines is 1. The van der Waals surface area contributed by atoms with E-state index in [9.17, 15) is 9.59 Å². The van der Waals surface area contributed by atoms with E-state index in [-0.39, 0.29) is 18.2 Å². The fourth-order valence-electron chi connectivity index (χ4n) is 4.23. The van der Waals surface area contributed by atoms with E-state index in [0.29, 0.717) is 30.3 Å². The zero-order valence-corrected chi connectivity index (χ0v) is 18.1. The van der Waals surface area contributed by atoms with Gasteiger partial charge in [-0.1, -0.05) is 18.2 Å². The summed E-state index contributed by atoms with van der Waals surface area (Å²) in [6, 6.07) is 15.6. The first-order valence-corrected chi connectivity index (χ1v) is 10.4. The Bertz CT molecular complexity index is 1120. The van der Waals surface area contributed by atoms with Crippen molar-refractivity contribution < 1.29 is 19.1 Å². The SMILES string of the molecule is CCn1c(CNC(=O)[C@H]2CC(=O)N(c3ccc(OC)cc3OC)C2)cc2ccccc21. The lowest BCUT2D eigenvalue weighted by Gasteiger charge is -2.20. The maximum Gasteiger partial charge on any atom is 0.227 e. The van der Waals surface area contributed by atoms with Crippen LogP contribution in [0.4, 0.5) is 5.69 Å². The first-order valence-electron chi connectivity index (χ1n) is 10.4. The number of nitrogens with zero attached hydrogens (tertiary/aromatic N) is 2. The number of fused-ring (bicyclic) bond motifs is 1. The minimum absolute atomic E-state index is 0.0914. The van der Waals surface area contributed by atoms with E-state index in [1.54, 1.807) is 37.3 Å². The largest absolute Gasteiger partial charge is 0.497 e. The van der Waals surface area contributed by atoms with Crippen LogP contribution in [-0.2, 0) is 22.7 Å². The standard InChI is InChI=1S/C24H27N3O4/c1-4-26-18(11-16-7-5-6-8-20(16)26)14-25-24(29)17-12-23(28)27(15-17)21-10-9-19(30-2)13-22(21)31-3/h5-11,13,17H,4,12,14-15H2,1-3H3,(H,25,29)/t17-/m0/s1. The van der Waals surface area contributed by atoms with Gasteiger partial charge in [0.15, 0.2) is 0 Å². The summed E-state index contributed by atoms with van der Waals surface area (Å²) in [5.41, 5.74) is 2.85. The van der Waals surface area contributed by atoms with Crippen LogP contribution >= 0.6 is 0 Å². The molecule has 1 aliphatic rings. The van der Waals surface area contributed by atoms with Crippen molar-refractivity contribution in [2.75, 3.05) is 25.7 Å². The van der Waals surface area contributed by atoms with Gasteiger partial charge in [0.05, 0.1) is 32.4 Å². The zero-order chi connectivity index (χ0) is 22.0. The Kier molecular flexibility index (Phi) is 5.84. The summed E-state index contributed by atoms with van der Waals surface area (Å²) in [6.45, 7) is 3.67. The lowest BCUT2D eigenvalue weighted by molar-refractivity contribution is -0.126. The molecule has 31 heavy (non-hydrogen) atoms. The fraction of sp³-hybridized carbons (Fsp3) is 0.333. The van der Waals surface area contributed by atoms with E-state index in [1.807, 2.05) is 12.1 Å². The minimum Gasteiger partial charge on any atom is -0.497 e. The van der Waals surface area contributed by atoms with Crippen LogP contribution in [-0.4, -0.2) is 37.1 Å². The smallest absolute Gasteiger partial charge is 0.227 e. The third-order valence-electron chi connectivity index (χ3n) is 5.83. The summed E-state index contributed by atoms with van der Waals surface area (Å²) in [5.74, 6) is 0.579. The molecule has 1 fully saturated rings.